The van der Waals surface area contributed by atoms with Gasteiger partial charge in [-0.1, -0.05) is 49.1 Å². The van der Waals surface area contributed by atoms with E-state index >= 15 is 0 Å². The van der Waals surface area contributed by atoms with Gasteiger partial charge in [-0.3, -0.25) is 9.36 Å². The first-order chi connectivity index (χ1) is 19.7. The second-order valence-electron chi connectivity index (χ2n) is 12.9. The Morgan fingerprint density at radius 1 is 1.10 bits per heavy atom. The third kappa shape index (κ3) is 5.44. The van der Waals surface area contributed by atoms with Gasteiger partial charge < -0.3 is 14.4 Å². The lowest BCUT2D eigenvalue weighted by Gasteiger charge is -2.35. The van der Waals surface area contributed by atoms with Crippen LogP contribution in [0.4, 0.5) is 0 Å². The summed E-state index contributed by atoms with van der Waals surface area (Å²) in [4.78, 5) is 32.2. The maximum atomic E-state index is 13.2. The van der Waals surface area contributed by atoms with Crippen molar-refractivity contribution in [1.82, 2.24) is 14.5 Å². The van der Waals surface area contributed by atoms with Crippen molar-refractivity contribution in [3.8, 4) is 5.69 Å². The van der Waals surface area contributed by atoms with Crippen LogP contribution in [0.2, 0.25) is 5.02 Å². The average Bonchev–Trinajstić information content (AvgIpc) is 3.19. The lowest BCUT2D eigenvalue weighted by molar-refractivity contribution is -0.160. The molecule has 2 aliphatic heterocycles. The van der Waals surface area contributed by atoms with Crippen LogP contribution in [0.5, 0.6) is 0 Å². The van der Waals surface area contributed by atoms with Crippen LogP contribution in [0.15, 0.2) is 41.2 Å². The summed E-state index contributed by atoms with van der Waals surface area (Å²) in [6.07, 6.45) is 7.70. The van der Waals surface area contributed by atoms with Crippen LogP contribution in [0.1, 0.15) is 88.6 Å². The standard InChI is InChI=1S/C33H40ClN3O4/c1-32(2,3)41-28(38)21-40-19-18-36-16-12-22(13-17-36)23-10-11-26-24(20-23)33(14-5-4-6-15-33)31-35-30(39)29-25(34)8-7-9-27(29)37(26)31/h7-11,20,22H,4-6,12-19,21H2,1-3H3. The maximum Gasteiger partial charge on any atom is 0.332 e. The molecule has 1 saturated heterocycles. The van der Waals surface area contributed by atoms with E-state index in [4.69, 9.17) is 26.1 Å². The number of carbonyl (C=O) groups excluding carboxylic acids is 1. The first kappa shape index (κ1) is 28.4. The Morgan fingerprint density at radius 3 is 2.59 bits per heavy atom. The molecule has 1 aliphatic carbocycles. The van der Waals surface area contributed by atoms with Crippen LogP contribution >= 0.6 is 11.6 Å². The van der Waals surface area contributed by atoms with Crippen molar-refractivity contribution in [2.75, 3.05) is 32.8 Å². The molecule has 0 amide bonds. The molecule has 0 N–H and O–H groups in total. The largest absolute Gasteiger partial charge is 0.458 e. The first-order valence-electron chi connectivity index (χ1n) is 15.0. The molecule has 0 radical (unpaired) electrons. The highest BCUT2D eigenvalue weighted by atomic mass is 35.5. The third-order valence-electron chi connectivity index (χ3n) is 9.03. The van der Waals surface area contributed by atoms with Crippen LogP contribution in [0.25, 0.3) is 16.6 Å². The summed E-state index contributed by atoms with van der Waals surface area (Å²) >= 11 is 6.50. The highest BCUT2D eigenvalue weighted by molar-refractivity contribution is 6.35. The number of esters is 1. The molecule has 6 rings (SSSR count). The van der Waals surface area contributed by atoms with Gasteiger partial charge in [0.2, 0.25) is 0 Å². The lowest BCUT2D eigenvalue weighted by Crippen LogP contribution is -2.36. The smallest absolute Gasteiger partial charge is 0.332 e. The number of rotatable bonds is 6. The lowest BCUT2D eigenvalue weighted by atomic mass is 9.69. The van der Waals surface area contributed by atoms with Crippen molar-refractivity contribution in [2.45, 2.75) is 82.7 Å². The van der Waals surface area contributed by atoms with Crippen LogP contribution in [-0.4, -0.2) is 58.9 Å². The highest BCUT2D eigenvalue weighted by Crippen LogP contribution is 2.52. The second-order valence-corrected chi connectivity index (χ2v) is 13.3. The molecule has 8 heteroatoms. The molecule has 1 spiro atoms. The van der Waals surface area contributed by atoms with Crippen molar-refractivity contribution in [3.63, 3.8) is 0 Å². The van der Waals surface area contributed by atoms with Crippen LogP contribution in [0, 0.1) is 0 Å². The molecule has 0 unspecified atom stereocenters. The van der Waals surface area contributed by atoms with Gasteiger partial charge in [0.25, 0.3) is 5.56 Å². The molecule has 2 aromatic carbocycles. The summed E-state index contributed by atoms with van der Waals surface area (Å²) in [5, 5.41) is 0.961. The minimum Gasteiger partial charge on any atom is -0.458 e. The van der Waals surface area contributed by atoms with Crippen LogP contribution in [0.3, 0.4) is 0 Å². The summed E-state index contributed by atoms with van der Waals surface area (Å²) in [5.74, 6) is 1.06. The summed E-state index contributed by atoms with van der Waals surface area (Å²) in [6, 6.07) is 12.7. The van der Waals surface area contributed by atoms with Gasteiger partial charge in [0.15, 0.2) is 0 Å². The van der Waals surface area contributed by atoms with Crippen molar-refractivity contribution >= 4 is 28.5 Å². The Labute approximate surface area is 246 Å². The van der Waals surface area contributed by atoms with Gasteiger partial charge in [0.05, 0.1) is 33.6 Å². The third-order valence-corrected chi connectivity index (χ3v) is 9.34. The predicted octanol–water partition coefficient (Wildman–Crippen LogP) is 6.14. The van der Waals surface area contributed by atoms with Gasteiger partial charge >= 0.3 is 5.97 Å². The number of fused-ring (bicyclic) bond motifs is 7. The maximum absolute atomic E-state index is 13.2. The zero-order chi connectivity index (χ0) is 28.8. The summed E-state index contributed by atoms with van der Waals surface area (Å²) < 4.78 is 13.1. The quantitative estimate of drug-likeness (QED) is 0.259. The van der Waals surface area contributed by atoms with Gasteiger partial charge in [0, 0.05) is 6.54 Å². The first-order valence-corrected chi connectivity index (χ1v) is 15.4. The number of hydrogen-bond donors (Lipinski definition) is 0. The number of hydrogen-bond acceptors (Lipinski definition) is 6. The molecule has 1 saturated carbocycles. The average molecular weight is 578 g/mol. The van der Waals surface area contributed by atoms with E-state index < -0.39 is 5.60 Å². The van der Waals surface area contributed by atoms with Gasteiger partial charge in [0.1, 0.15) is 18.0 Å². The van der Waals surface area contributed by atoms with E-state index in [9.17, 15) is 9.59 Å². The molecule has 3 aliphatic rings. The zero-order valence-electron chi connectivity index (χ0n) is 24.4. The molecule has 7 nitrogen and oxygen atoms in total. The molecular weight excluding hydrogens is 538 g/mol. The van der Waals surface area contributed by atoms with Crippen molar-refractivity contribution in [2.24, 2.45) is 0 Å². The monoisotopic (exact) mass is 577 g/mol. The number of likely N-dealkylation sites (tertiary alicyclic amines) is 1. The number of carbonyl (C=O) groups is 1. The van der Waals surface area contributed by atoms with E-state index in [-0.39, 0.29) is 23.6 Å². The van der Waals surface area contributed by atoms with Gasteiger partial charge in [-0.2, -0.15) is 4.98 Å². The topological polar surface area (TPSA) is 73.7 Å². The second kappa shape index (κ2) is 11.2. The SMILES string of the molecule is CC(C)(C)OC(=O)COCCN1CCC(c2ccc3c(c2)C2(CCCCC2)c2nc(=O)c4c(Cl)cccc4n2-3)CC1. The normalized spacial score (nSPS) is 18.9. The van der Waals surface area contributed by atoms with Crippen molar-refractivity contribution in [3.05, 3.63) is 68.7 Å². The molecule has 2 fully saturated rings. The van der Waals surface area contributed by atoms with E-state index in [0.29, 0.717) is 22.9 Å². The Kier molecular flexibility index (Phi) is 7.72. The van der Waals surface area contributed by atoms with E-state index in [1.165, 1.54) is 17.5 Å². The van der Waals surface area contributed by atoms with E-state index in [1.807, 2.05) is 32.9 Å². The fourth-order valence-corrected chi connectivity index (χ4v) is 7.41. The molecule has 3 aromatic rings. The summed E-state index contributed by atoms with van der Waals surface area (Å²) in [5.41, 5.74) is 3.77. The molecule has 3 heterocycles. The Balaban J connectivity index is 1.19. The minimum absolute atomic E-state index is 0.00476. The van der Waals surface area contributed by atoms with Gasteiger partial charge in [-0.25, -0.2) is 4.79 Å². The predicted molar refractivity (Wildman–Crippen MR) is 161 cm³/mol. The Bertz CT molecular complexity index is 1510. The molecule has 218 valence electrons. The van der Waals surface area contributed by atoms with Gasteiger partial charge in [-0.15, -0.1) is 0 Å². The molecule has 0 atom stereocenters. The summed E-state index contributed by atoms with van der Waals surface area (Å²) in [6.45, 7) is 8.92. The van der Waals surface area contributed by atoms with E-state index in [2.05, 4.69) is 27.7 Å². The van der Waals surface area contributed by atoms with Crippen molar-refractivity contribution in [1.29, 1.82) is 0 Å². The molecule has 1 aromatic heterocycles. The molecule has 41 heavy (non-hydrogen) atoms. The number of nitrogens with zero attached hydrogens (tertiary/aromatic N) is 3. The van der Waals surface area contributed by atoms with Crippen LogP contribution < -0.4 is 5.56 Å². The van der Waals surface area contributed by atoms with Gasteiger partial charge in [-0.05, 0) is 94.8 Å². The zero-order valence-corrected chi connectivity index (χ0v) is 25.1. The minimum atomic E-state index is -0.491. The number of piperidine rings is 1. The number of aromatic nitrogens is 2. The number of ether oxygens (including phenoxy) is 2. The number of halogens is 1. The van der Waals surface area contributed by atoms with Crippen molar-refractivity contribution < 1.29 is 14.3 Å². The molecule has 0 bridgehead atoms. The summed E-state index contributed by atoms with van der Waals surface area (Å²) in [7, 11) is 0. The Hall–Kier alpha value is -2.74. The molecular formula is C33H40ClN3O4. The highest BCUT2D eigenvalue weighted by Gasteiger charge is 2.46. The number of benzene rings is 2. The fourth-order valence-electron chi connectivity index (χ4n) is 7.16. The Morgan fingerprint density at radius 2 is 1.85 bits per heavy atom. The van der Waals surface area contributed by atoms with E-state index in [0.717, 1.165) is 75.2 Å². The van der Waals surface area contributed by atoms with Crippen LogP contribution in [-0.2, 0) is 19.7 Å². The fraction of sp³-hybridized carbons (Fsp3) is 0.545. The van der Waals surface area contributed by atoms with E-state index in [1.54, 1.807) is 6.07 Å².